The van der Waals surface area contributed by atoms with Gasteiger partial charge in [0.2, 0.25) is 0 Å². The predicted octanol–water partition coefficient (Wildman–Crippen LogP) is 1.60. The standard InChI is InChI=1S/C11H16F2O5/c12-11(13,10(15)16)18-7-8(14)6-17-9-4-2-1-3-5-9/h9H,1-7H2,(H,15,16). The van der Waals surface area contributed by atoms with Gasteiger partial charge in [0.15, 0.2) is 5.78 Å². The molecule has 0 radical (unpaired) electrons. The first-order chi connectivity index (χ1) is 8.42. The quantitative estimate of drug-likeness (QED) is 0.757. The van der Waals surface area contributed by atoms with Crippen LogP contribution in [0.3, 0.4) is 0 Å². The van der Waals surface area contributed by atoms with Crippen LogP contribution >= 0.6 is 0 Å². The highest BCUT2D eigenvalue weighted by molar-refractivity contribution is 5.81. The van der Waals surface area contributed by atoms with Gasteiger partial charge in [-0.25, -0.2) is 4.79 Å². The molecule has 0 aliphatic heterocycles. The van der Waals surface area contributed by atoms with Gasteiger partial charge in [-0.3, -0.25) is 4.79 Å². The summed E-state index contributed by atoms with van der Waals surface area (Å²) < 4.78 is 34.0. The summed E-state index contributed by atoms with van der Waals surface area (Å²) in [4.78, 5) is 21.2. The Morgan fingerprint density at radius 1 is 1.17 bits per heavy atom. The summed E-state index contributed by atoms with van der Waals surface area (Å²) in [7, 11) is 0. The van der Waals surface area contributed by atoms with E-state index in [1.807, 2.05) is 0 Å². The summed E-state index contributed by atoms with van der Waals surface area (Å²) in [6.07, 6.45) is 0.586. The number of rotatable bonds is 7. The van der Waals surface area contributed by atoms with Crippen molar-refractivity contribution in [2.45, 2.75) is 44.3 Å². The fraction of sp³-hybridized carbons (Fsp3) is 0.818. The van der Waals surface area contributed by atoms with Crippen LogP contribution in [0.1, 0.15) is 32.1 Å². The number of hydrogen-bond acceptors (Lipinski definition) is 4. The van der Waals surface area contributed by atoms with Gasteiger partial charge in [0.1, 0.15) is 13.2 Å². The number of carbonyl (C=O) groups is 2. The van der Waals surface area contributed by atoms with Gasteiger partial charge in [-0.1, -0.05) is 19.3 Å². The lowest BCUT2D eigenvalue weighted by atomic mass is 9.98. The van der Waals surface area contributed by atoms with E-state index in [0.29, 0.717) is 0 Å². The molecule has 0 atom stereocenters. The molecule has 0 saturated heterocycles. The van der Waals surface area contributed by atoms with Crippen molar-refractivity contribution >= 4 is 11.8 Å². The molecule has 1 saturated carbocycles. The molecule has 0 unspecified atom stereocenters. The summed E-state index contributed by atoms with van der Waals surface area (Å²) in [6.45, 7) is -1.29. The van der Waals surface area contributed by atoms with Crippen LogP contribution in [-0.4, -0.2) is 42.3 Å². The van der Waals surface area contributed by atoms with Crippen molar-refractivity contribution in [3.8, 4) is 0 Å². The van der Waals surface area contributed by atoms with E-state index >= 15 is 0 Å². The van der Waals surface area contributed by atoms with Crippen molar-refractivity contribution in [3.63, 3.8) is 0 Å². The Balaban J connectivity index is 2.19. The minimum absolute atomic E-state index is 0.0114. The Labute approximate surface area is 103 Å². The summed E-state index contributed by atoms with van der Waals surface area (Å²) >= 11 is 0. The van der Waals surface area contributed by atoms with Crippen molar-refractivity contribution in [1.82, 2.24) is 0 Å². The summed E-state index contributed by atoms with van der Waals surface area (Å²) in [5, 5.41) is 8.07. The van der Waals surface area contributed by atoms with E-state index in [4.69, 9.17) is 9.84 Å². The van der Waals surface area contributed by atoms with Crippen LogP contribution in [0.4, 0.5) is 8.78 Å². The highest BCUT2D eigenvalue weighted by Gasteiger charge is 2.41. The lowest BCUT2D eigenvalue weighted by Crippen LogP contribution is -2.34. The first kappa shape index (κ1) is 15.0. The topological polar surface area (TPSA) is 72.8 Å². The zero-order chi connectivity index (χ0) is 13.6. The van der Waals surface area contributed by atoms with Gasteiger partial charge in [-0.15, -0.1) is 0 Å². The summed E-state index contributed by atoms with van der Waals surface area (Å²) in [6, 6.07) is 0. The third kappa shape index (κ3) is 5.05. The van der Waals surface area contributed by atoms with Gasteiger partial charge in [-0.2, -0.15) is 8.78 Å². The number of Topliss-reactive ketones (excluding diaryl/α,β-unsaturated/α-hetero) is 1. The lowest BCUT2D eigenvalue weighted by molar-refractivity contribution is -0.244. The van der Waals surface area contributed by atoms with Crippen molar-refractivity contribution in [3.05, 3.63) is 0 Å². The van der Waals surface area contributed by atoms with Crippen LogP contribution in [0.25, 0.3) is 0 Å². The molecular formula is C11H16F2O5. The molecule has 0 aromatic rings. The minimum Gasteiger partial charge on any atom is -0.475 e. The minimum atomic E-state index is -4.33. The van der Waals surface area contributed by atoms with Crippen molar-refractivity contribution in [2.75, 3.05) is 13.2 Å². The van der Waals surface area contributed by atoms with E-state index in [0.717, 1.165) is 32.1 Å². The second kappa shape index (κ2) is 6.75. The lowest BCUT2D eigenvalue weighted by Gasteiger charge is -2.21. The first-order valence-electron chi connectivity index (χ1n) is 5.80. The predicted molar refractivity (Wildman–Crippen MR) is 56.4 cm³/mol. The number of hydrogen-bond donors (Lipinski definition) is 1. The van der Waals surface area contributed by atoms with Crippen LogP contribution in [-0.2, 0) is 19.1 Å². The third-order valence-electron chi connectivity index (χ3n) is 2.70. The molecule has 1 rings (SSSR count). The fourth-order valence-corrected chi connectivity index (χ4v) is 1.72. The van der Waals surface area contributed by atoms with Gasteiger partial charge >= 0.3 is 12.1 Å². The summed E-state index contributed by atoms with van der Waals surface area (Å²) in [5.41, 5.74) is 0. The van der Waals surface area contributed by atoms with E-state index in [9.17, 15) is 18.4 Å². The highest BCUT2D eigenvalue weighted by atomic mass is 19.3. The van der Waals surface area contributed by atoms with Crippen molar-refractivity contribution in [2.24, 2.45) is 0 Å². The summed E-state index contributed by atoms with van der Waals surface area (Å²) in [5.74, 6) is -3.11. The van der Waals surface area contributed by atoms with Crippen LogP contribution in [0.5, 0.6) is 0 Å². The molecule has 0 bridgehead atoms. The van der Waals surface area contributed by atoms with Crippen LogP contribution in [0.2, 0.25) is 0 Å². The first-order valence-corrected chi connectivity index (χ1v) is 5.80. The van der Waals surface area contributed by atoms with Gasteiger partial charge in [0.25, 0.3) is 0 Å². The Morgan fingerprint density at radius 2 is 1.78 bits per heavy atom. The van der Waals surface area contributed by atoms with Crippen molar-refractivity contribution < 1.29 is 33.0 Å². The number of carboxylic acid groups (broad SMARTS) is 1. The SMILES string of the molecule is O=C(COC1CCCCC1)COC(F)(F)C(=O)O. The maximum Gasteiger partial charge on any atom is 0.456 e. The molecule has 0 amide bonds. The second-order valence-electron chi connectivity index (χ2n) is 4.22. The van der Waals surface area contributed by atoms with E-state index < -0.39 is 24.5 Å². The molecule has 1 fully saturated rings. The van der Waals surface area contributed by atoms with Gasteiger partial charge in [0.05, 0.1) is 6.10 Å². The zero-order valence-corrected chi connectivity index (χ0v) is 9.86. The normalized spacial score (nSPS) is 17.7. The monoisotopic (exact) mass is 266 g/mol. The Kier molecular flexibility index (Phi) is 5.61. The van der Waals surface area contributed by atoms with Crippen LogP contribution in [0.15, 0.2) is 0 Å². The Bertz CT molecular complexity index is 300. The highest BCUT2D eigenvalue weighted by Crippen LogP contribution is 2.20. The molecule has 1 aliphatic carbocycles. The molecule has 18 heavy (non-hydrogen) atoms. The molecule has 0 spiro atoms. The maximum absolute atomic E-state index is 12.5. The van der Waals surface area contributed by atoms with E-state index in [-0.39, 0.29) is 12.7 Å². The van der Waals surface area contributed by atoms with Crippen molar-refractivity contribution in [1.29, 1.82) is 0 Å². The van der Waals surface area contributed by atoms with E-state index in [2.05, 4.69) is 4.74 Å². The number of aliphatic carboxylic acids is 1. The van der Waals surface area contributed by atoms with E-state index in [1.54, 1.807) is 0 Å². The zero-order valence-electron chi connectivity index (χ0n) is 9.86. The number of alkyl halides is 2. The second-order valence-corrected chi connectivity index (χ2v) is 4.22. The number of halogens is 2. The molecular weight excluding hydrogens is 250 g/mol. The average molecular weight is 266 g/mol. The Morgan fingerprint density at radius 3 is 2.33 bits per heavy atom. The van der Waals surface area contributed by atoms with Crippen LogP contribution < -0.4 is 0 Å². The molecule has 104 valence electrons. The smallest absolute Gasteiger partial charge is 0.456 e. The van der Waals surface area contributed by atoms with E-state index in [1.165, 1.54) is 0 Å². The number of carbonyl (C=O) groups excluding carboxylic acids is 1. The molecule has 7 heteroatoms. The maximum atomic E-state index is 12.5. The van der Waals surface area contributed by atoms with Gasteiger partial charge < -0.3 is 14.6 Å². The van der Waals surface area contributed by atoms with Crippen LogP contribution in [0, 0.1) is 0 Å². The fourth-order valence-electron chi connectivity index (χ4n) is 1.72. The molecule has 1 N–H and O–H groups in total. The molecule has 0 aromatic heterocycles. The van der Waals surface area contributed by atoms with Gasteiger partial charge in [0, 0.05) is 0 Å². The molecule has 0 aromatic carbocycles. The third-order valence-corrected chi connectivity index (χ3v) is 2.70. The van der Waals surface area contributed by atoms with Gasteiger partial charge in [-0.05, 0) is 12.8 Å². The average Bonchev–Trinajstić information content (AvgIpc) is 2.35. The molecule has 5 nitrogen and oxygen atoms in total. The number of ketones is 1. The number of ether oxygens (including phenoxy) is 2. The Hall–Kier alpha value is -1.08. The molecule has 1 aliphatic rings. The largest absolute Gasteiger partial charge is 0.475 e. The molecule has 0 heterocycles. The number of carboxylic acids is 1.